The minimum absolute atomic E-state index is 0.260. The molecule has 4 nitrogen and oxygen atoms in total. The standard InChI is InChI=1S/C19H23N3O/c1-11-9-21-22(4)18(11)14-8-15-17(13-7-5-6-12(13)14)20-10-16(23)19(15,2)3/h8-9,20H,5-7,10H2,1-4H3. The van der Waals surface area contributed by atoms with Crippen molar-refractivity contribution in [1.82, 2.24) is 9.78 Å². The van der Waals surface area contributed by atoms with Crippen LogP contribution in [0.3, 0.4) is 0 Å². The van der Waals surface area contributed by atoms with Crippen molar-refractivity contribution in [1.29, 1.82) is 0 Å². The van der Waals surface area contributed by atoms with E-state index in [2.05, 4.69) is 37.3 Å². The Morgan fingerprint density at radius 2 is 2.00 bits per heavy atom. The van der Waals surface area contributed by atoms with E-state index in [1.165, 1.54) is 40.1 Å². The fourth-order valence-electron chi connectivity index (χ4n) is 4.16. The first-order chi connectivity index (χ1) is 10.9. The summed E-state index contributed by atoms with van der Waals surface area (Å²) in [4.78, 5) is 12.4. The molecule has 1 aliphatic heterocycles. The Kier molecular flexibility index (Phi) is 2.96. The van der Waals surface area contributed by atoms with Gasteiger partial charge in [0.15, 0.2) is 5.78 Å². The molecule has 4 heteroatoms. The fraction of sp³-hybridized carbons (Fsp3) is 0.474. The number of carbonyl (C=O) groups excluding carboxylic acids is 1. The second-order valence-corrected chi connectivity index (χ2v) is 7.36. The smallest absolute Gasteiger partial charge is 0.161 e. The van der Waals surface area contributed by atoms with Crippen LogP contribution in [0.15, 0.2) is 12.3 Å². The van der Waals surface area contributed by atoms with Crippen molar-refractivity contribution in [3.63, 3.8) is 0 Å². The molecule has 0 unspecified atom stereocenters. The number of hydrogen-bond donors (Lipinski definition) is 1. The highest BCUT2D eigenvalue weighted by Crippen LogP contribution is 2.45. The lowest BCUT2D eigenvalue weighted by atomic mass is 9.74. The highest BCUT2D eigenvalue weighted by Gasteiger charge is 2.38. The van der Waals surface area contributed by atoms with Crippen LogP contribution in [0.1, 0.15) is 42.5 Å². The van der Waals surface area contributed by atoms with Crippen molar-refractivity contribution in [3.8, 4) is 11.3 Å². The zero-order chi connectivity index (χ0) is 16.4. The van der Waals surface area contributed by atoms with E-state index in [0.717, 1.165) is 18.4 Å². The van der Waals surface area contributed by atoms with Crippen LogP contribution in [0, 0.1) is 6.92 Å². The first kappa shape index (κ1) is 14.5. The first-order valence-electron chi connectivity index (χ1n) is 8.36. The van der Waals surface area contributed by atoms with Crippen molar-refractivity contribution in [2.75, 3.05) is 11.9 Å². The molecule has 1 aliphatic carbocycles. The van der Waals surface area contributed by atoms with Gasteiger partial charge in [-0.2, -0.15) is 5.10 Å². The highest BCUT2D eigenvalue weighted by atomic mass is 16.1. The summed E-state index contributed by atoms with van der Waals surface area (Å²) in [6.45, 7) is 6.65. The van der Waals surface area contributed by atoms with E-state index < -0.39 is 5.41 Å². The molecule has 0 saturated carbocycles. The van der Waals surface area contributed by atoms with E-state index in [0.29, 0.717) is 6.54 Å². The number of benzene rings is 1. The summed E-state index contributed by atoms with van der Waals surface area (Å²) in [6, 6.07) is 2.24. The molecule has 120 valence electrons. The molecule has 4 rings (SSSR count). The van der Waals surface area contributed by atoms with E-state index in [1.54, 1.807) is 0 Å². The number of carbonyl (C=O) groups is 1. The third-order valence-corrected chi connectivity index (χ3v) is 5.58. The summed E-state index contributed by atoms with van der Waals surface area (Å²) < 4.78 is 1.96. The topological polar surface area (TPSA) is 46.9 Å². The van der Waals surface area contributed by atoms with Crippen LogP contribution in [0.5, 0.6) is 0 Å². The maximum atomic E-state index is 12.4. The molecule has 2 aromatic rings. The lowest BCUT2D eigenvalue weighted by Gasteiger charge is -2.34. The quantitative estimate of drug-likeness (QED) is 0.880. The number of nitrogens with one attached hydrogen (secondary N) is 1. The average molecular weight is 309 g/mol. The molecular formula is C19H23N3O. The third-order valence-electron chi connectivity index (χ3n) is 5.58. The molecule has 0 spiro atoms. The van der Waals surface area contributed by atoms with E-state index in [4.69, 9.17) is 0 Å². The Hall–Kier alpha value is -2.10. The molecule has 0 amide bonds. The SMILES string of the molecule is Cc1cnn(C)c1-c1cc2c(c3c1CCC3)NCC(=O)C2(C)C. The normalized spacial score (nSPS) is 18.5. The molecule has 2 heterocycles. The van der Waals surface area contributed by atoms with Gasteiger partial charge >= 0.3 is 0 Å². The molecule has 2 aliphatic rings. The second-order valence-electron chi connectivity index (χ2n) is 7.36. The van der Waals surface area contributed by atoms with Crippen molar-refractivity contribution in [2.24, 2.45) is 7.05 Å². The van der Waals surface area contributed by atoms with Crippen LogP contribution < -0.4 is 5.32 Å². The van der Waals surface area contributed by atoms with E-state index in [9.17, 15) is 4.79 Å². The summed E-state index contributed by atoms with van der Waals surface area (Å²) >= 11 is 0. The van der Waals surface area contributed by atoms with Crippen molar-refractivity contribution in [3.05, 3.63) is 34.5 Å². The number of aryl methyl sites for hydroxylation is 2. The fourth-order valence-corrected chi connectivity index (χ4v) is 4.16. The van der Waals surface area contributed by atoms with E-state index in [-0.39, 0.29) is 5.78 Å². The van der Waals surface area contributed by atoms with Crippen LogP contribution in [0.25, 0.3) is 11.3 Å². The van der Waals surface area contributed by atoms with Gasteiger partial charge in [-0.05, 0) is 68.4 Å². The van der Waals surface area contributed by atoms with Crippen LogP contribution in [-0.2, 0) is 30.1 Å². The number of anilines is 1. The summed E-state index contributed by atoms with van der Waals surface area (Å²) in [5, 5.41) is 7.81. The van der Waals surface area contributed by atoms with Gasteiger partial charge in [0.05, 0.1) is 23.9 Å². The molecule has 1 aromatic carbocycles. The van der Waals surface area contributed by atoms with Gasteiger partial charge < -0.3 is 5.32 Å². The van der Waals surface area contributed by atoms with Crippen molar-refractivity contribution < 1.29 is 4.79 Å². The Morgan fingerprint density at radius 1 is 1.26 bits per heavy atom. The van der Waals surface area contributed by atoms with Crippen LogP contribution in [0.2, 0.25) is 0 Å². The molecule has 1 aromatic heterocycles. The second kappa shape index (κ2) is 4.70. The zero-order valence-electron chi connectivity index (χ0n) is 14.3. The molecule has 0 atom stereocenters. The van der Waals surface area contributed by atoms with Gasteiger partial charge in [-0.1, -0.05) is 0 Å². The minimum Gasteiger partial charge on any atom is -0.377 e. The number of ketones is 1. The maximum Gasteiger partial charge on any atom is 0.161 e. The highest BCUT2D eigenvalue weighted by molar-refractivity contribution is 5.98. The lowest BCUT2D eigenvalue weighted by Crippen LogP contribution is -2.39. The summed E-state index contributed by atoms with van der Waals surface area (Å²) in [6.07, 6.45) is 5.31. The average Bonchev–Trinajstić information content (AvgIpc) is 3.10. The third kappa shape index (κ3) is 1.90. The minimum atomic E-state index is -0.431. The monoisotopic (exact) mass is 309 g/mol. The predicted octanol–water partition coefficient (Wildman–Crippen LogP) is 3.16. The molecule has 0 radical (unpaired) electrons. The van der Waals surface area contributed by atoms with Gasteiger partial charge in [-0.15, -0.1) is 0 Å². The van der Waals surface area contributed by atoms with Crippen LogP contribution >= 0.6 is 0 Å². The zero-order valence-corrected chi connectivity index (χ0v) is 14.3. The van der Waals surface area contributed by atoms with Gasteiger partial charge in [-0.3, -0.25) is 9.48 Å². The molecule has 23 heavy (non-hydrogen) atoms. The van der Waals surface area contributed by atoms with Gasteiger partial charge in [0.1, 0.15) is 0 Å². The number of fused-ring (bicyclic) bond motifs is 3. The number of rotatable bonds is 1. The summed E-state index contributed by atoms with van der Waals surface area (Å²) in [5.74, 6) is 0.260. The summed E-state index contributed by atoms with van der Waals surface area (Å²) in [5.41, 5.74) is 8.41. The molecule has 0 bridgehead atoms. The predicted molar refractivity (Wildman–Crippen MR) is 91.9 cm³/mol. The van der Waals surface area contributed by atoms with Gasteiger partial charge in [0, 0.05) is 18.3 Å². The largest absolute Gasteiger partial charge is 0.377 e. The molecule has 1 N–H and O–H groups in total. The van der Waals surface area contributed by atoms with Crippen molar-refractivity contribution in [2.45, 2.75) is 45.4 Å². The number of hydrogen-bond acceptors (Lipinski definition) is 3. The summed E-state index contributed by atoms with van der Waals surface area (Å²) in [7, 11) is 2.00. The molecular weight excluding hydrogens is 286 g/mol. The molecule has 0 saturated heterocycles. The number of aromatic nitrogens is 2. The van der Waals surface area contributed by atoms with Gasteiger partial charge in [-0.25, -0.2) is 0 Å². The Balaban J connectivity index is 2.05. The number of Topliss-reactive ketones (excluding diaryl/α,β-unsaturated/α-hetero) is 1. The van der Waals surface area contributed by atoms with E-state index >= 15 is 0 Å². The first-order valence-corrected chi connectivity index (χ1v) is 8.36. The Morgan fingerprint density at radius 3 is 2.70 bits per heavy atom. The molecule has 0 fully saturated rings. The van der Waals surface area contributed by atoms with Crippen molar-refractivity contribution >= 4 is 11.5 Å². The Labute approximate surface area is 136 Å². The van der Waals surface area contributed by atoms with E-state index in [1.807, 2.05) is 17.9 Å². The number of nitrogens with zero attached hydrogens (tertiary/aromatic N) is 2. The van der Waals surface area contributed by atoms with Crippen LogP contribution in [-0.4, -0.2) is 22.1 Å². The van der Waals surface area contributed by atoms with Gasteiger partial charge in [0.2, 0.25) is 0 Å². The maximum absolute atomic E-state index is 12.4. The van der Waals surface area contributed by atoms with Gasteiger partial charge in [0.25, 0.3) is 0 Å². The Bertz CT molecular complexity index is 810. The van der Waals surface area contributed by atoms with Crippen LogP contribution in [0.4, 0.5) is 5.69 Å². The lowest BCUT2D eigenvalue weighted by molar-refractivity contribution is -0.122.